The molecule has 3 aromatic rings. The molecule has 3 aromatic carbocycles. The summed E-state index contributed by atoms with van der Waals surface area (Å²) in [6.07, 6.45) is 8.80. The number of likely N-dealkylation sites (tertiary alicyclic amines) is 1. The van der Waals surface area contributed by atoms with Crippen LogP contribution in [0.15, 0.2) is 72.8 Å². The van der Waals surface area contributed by atoms with Gasteiger partial charge in [-0.1, -0.05) is 72.8 Å². The molecule has 6 aliphatic rings. The van der Waals surface area contributed by atoms with Gasteiger partial charge in [0, 0.05) is 30.6 Å². The second-order valence-electron chi connectivity index (χ2n) is 17.8. The number of aliphatic hydroxyl groups excluding tert-OH is 1. The van der Waals surface area contributed by atoms with Gasteiger partial charge in [0.1, 0.15) is 11.6 Å². The molecule has 0 radical (unpaired) electrons. The van der Waals surface area contributed by atoms with E-state index in [1.807, 2.05) is 57.2 Å². The van der Waals surface area contributed by atoms with E-state index in [2.05, 4.69) is 51.9 Å². The van der Waals surface area contributed by atoms with Crippen molar-refractivity contribution in [3.05, 3.63) is 95.1 Å². The predicted molar refractivity (Wildman–Crippen MR) is 207 cm³/mol. The molecule has 4 atom stereocenters. The molecule has 3 N–H and O–H groups in total. The Labute approximate surface area is 320 Å². The Bertz CT molecular complexity index is 1750. The van der Waals surface area contributed by atoms with Crippen LogP contribution >= 0.6 is 0 Å². The van der Waals surface area contributed by atoms with Crippen LogP contribution in [0.4, 0.5) is 4.79 Å². The lowest BCUT2D eigenvalue weighted by molar-refractivity contribution is -0.253. The fourth-order valence-electron chi connectivity index (χ4n) is 10.5. The number of carbonyl (C=O) groups is 2. The van der Waals surface area contributed by atoms with E-state index < -0.39 is 11.9 Å². The zero-order chi connectivity index (χ0) is 37.5. The average molecular weight is 736 g/mol. The molecule has 2 saturated heterocycles. The molecule has 4 saturated carbocycles. The van der Waals surface area contributed by atoms with Crippen LogP contribution < -0.4 is 10.6 Å². The van der Waals surface area contributed by atoms with E-state index in [4.69, 9.17) is 14.2 Å². The first-order valence-electron chi connectivity index (χ1n) is 20.2. The highest BCUT2D eigenvalue weighted by Crippen LogP contribution is 2.55. The molecule has 2 heterocycles. The first-order valence-corrected chi connectivity index (χ1v) is 20.2. The second kappa shape index (κ2) is 15.4. The maximum absolute atomic E-state index is 13.3. The normalized spacial score (nSPS) is 30.6. The standard InChI is InChI=1S/C45H57N3O6/c1-44(2,3)54-41(50)39-9-6-18-48(39)27-37-22-40(34-12-10-29(28-49)11-13-34)53-42(52-37)35-16-14-33(15-17-35)38-8-5-4-7-36(38)26-46-43(51)47-45-23-30-19-31(24-45)21-32(20-30)25-45/h4-5,7-8,10-17,30-32,37,39-40,42,49H,6,9,18-28H2,1-3H3,(H2,46,47,51). The van der Waals surface area contributed by atoms with Crippen LogP contribution in [-0.2, 0) is 32.2 Å². The van der Waals surface area contributed by atoms with E-state index in [1.54, 1.807) is 0 Å². The Morgan fingerprint density at radius 2 is 1.54 bits per heavy atom. The summed E-state index contributed by atoms with van der Waals surface area (Å²) < 4.78 is 19.1. The third-order valence-corrected chi connectivity index (χ3v) is 12.5. The molecule has 9 nitrogen and oxygen atoms in total. The summed E-state index contributed by atoms with van der Waals surface area (Å²) in [4.78, 5) is 28.6. The lowest BCUT2D eigenvalue weighted by Gasteiger charge is -2.56. The van der Waals surface area contributed by atoms with E-state index in [0.717, 1.165) is 89.8 Å². The number of amides is 2. The third-order valence-electron chi connectivity index (χ3n) is 12.5. The van der Waals surface area contributed by atoms with Gasteiger partial charge in [-0.25, -0.2) is 4.79 Å². The molecule has 2 amide bonds. The van der Waals surface area contributed by atoms with E-state index in [1.165, 1.54) is 19.3 Å². The number of hydrogen-bond acceptors (Lipinski definition) is 7. The van der Waals surface area contributed by atoms with Gasteiger partial charge in [0.25, 0.3) is 0 Å². The number of rotatable bonds is 10. The molecule has 6 fully saturated rings. The summed E-state index contributed by atoms with van der Waals surface area (Å²) in [5.41, 5.74) is 5.43. The summed E-state index contributed by atoms with van der Waals surface area (Å²) in [6, 6.07) is 24.2. The molecule has 9 rings (SSSR count). The van der Waals surface area contributed by atoms with E-state index in [0.29, 0.717) is 19.5 Å². The number of carbonyl (C=O) groups excluding carboxylic acids is 2. The molecule has 0 aromatic heterocycles. The fraction of sp³-hybridized carbons (Fsp3) is 0.556. The van der Waals surface area contributed by atoms with Gasteiger partial charge in [-0.05, 0) is 124 Å². The Kier molecular flexibility index (Phi) is 10.6. The van der Waals surface area contributed by atoms with Crippen molar-refractivity contribution in [2.75, 3.05) is 13.1 Å². The predicted octanol–water partition coefficient (Wildman–Crippen LogP) is 7.97. The van der Waals surface area contributed by atoms with Gasteiger partial charge < -0.3 is 30.0 Å². The number of esters is 1. The van der Waals surface area contributed by atoms with Crippen molar-refractivity contribution in [1.29, 1.82) is 0 Å². The van der Waals surface area contributed by atoms with Gasteiger partial charge in [-0.15, -0.1) is 0 Å². The number of urea groups is 1. The van der Waals surface area contributed by atoms with Crippen molar-refractivity contribution in [2.45, 2.75) is 127 Å². The van der Waals surface area contributed by atoms with Crippen LogP contribution in [0.25, 0.3) is 11.1 Å². The first-order chi connectivity index (χ1) is 26.0. The van der Waals surface area contributed by atoms with Crippen molar-refractivity contribution in [2.24, 2.45) is 17.8 Å². The molecule has 2 aliphatic heterocycles. The zero-order valence-electron chi connectivity index (χ0n) is 32.1. The van der Waals surface area contributed by atoms with Gasteiger partial charge in [-0.2, -0.15) is 0 Å². The third kappa shape index (κ3) is 8.40. The highest BCUT2D eigenvalue weighted by atomic mass is 16.7. The topological polar surface area (TPSA) is 109 Å². The molecule has 54 heavy (non-hydrogen) atoms. The number of nitrogens with zero attached hydrogens (tertiary/aromatic N) is 1. The van der Waals surface area contributed by atoms with Crippen molar-refractivity contribution >= 4 is 12.0 Å². The number of ether oxygens (including phenoxy) is 3. The van der Waals surface area contributed by atoms with Crippen molar-refractivity contribution in [3.8, 4) is 11.1 Å². The smallest absolute Gasteiger partial charge is 0.323 e. The van der Waals surface area contributed by atoms with Crippen LogP contribution in [0.2, 0.25) is 0 Å². The molecule has 0 spiro atoms. The van der Waals surface area contributed by atoms with Crippen molar-refractivity contribution < 1.29 is 28.9 Å². The van der Waals surface area contributed by atoms with E-state index in [-0.39, 0.29) is 42.4 Å². The number of nitrogens with one attached hydrogen (secondary N) is 2. The van der Waals surface area contributed by atoms with Crippen molar-refractivity contribution in [1.82, 2.24) is 15.5 Å². The molecule has 288 valence electrons. The van der Waals surface area contributed by atoms with Gasteiger partial charge >= 0.3 is 12.0 Å². The SMILES string of the molecule is CC(C)(C)OC(=O)C1CCCN1CC1CC(c2ccc(CO)cc2)OC(c2ccc(-c3ccccc3CNC(=O)NC34CC5CC(CC(C5)C3)C4)cc2)O1. The number of aliphatic hydroxyl groups is 1. The Morgan fingerprint density at radius 1 is 0.870 bits per heavy atom. The van der Waals surface area contributed by atoms with Crippen LogP contribution in [0.1, 0.15) is 113 Å². The van der Waals surface area contributed by atoms with Crippen LogP contribution in [0.3, 0.4) is 0 Å². The molecule has 4 bridgehead atoms. The summed E-state index contributed by atoms with van der Waals surface area (Å²) in [7, 11) is 0. The molecule has 4 aliphatic carbocycles. The number of benzene rings is 3. The molecular weight excluding hydrogens is 679 g/mol. The summed E-state index contributed by atoms with van der Waals surface area (Å²) in [5.74, 6) is 2.17. The highest BCUT2D eigenvalue weighted by Gasteiger charge is 2.51. The van der Waals surface area contributed by atoms with E-state index in [9.17, 15) is 14.7 Å². The minimum Gasteiger partial charge on any atom is -0.459 e. The van der Waals surface area contributed by atoms with Gasteiger partial charge in [0.05, 0.1) is 18.8 Å². The maximum atomic E-state index is 13.3. The van der Waals surface area contributed by atoms with E-state index >= 15 is 0 Å². The lowest BCUT2D eigenvalue weighted by atomic mass is 9.53. The average Bonchev–Trinajstić information content (AvgIpc) is 3.61. The largest absolute Gasteiger partial charge is 0.459 e. The van der Waals surface area contributed by atoms with Crippen LogP contribution in [-0.4, -0.2) is 58.4 Å². The molecule has 9 heteroatoms. The minimum absolute atomic E-state index is 0.0121. The highest BCUT2D eigenvalue weighted by molar-refractivity contribution is 5.77. The maximum Gasteiger partial charge on any atom is 0.323 e. The molecule has 4 unspecified atom stereocenters. The van der Waals surface area contributed by atoms with Gasteiger partial charge in [0.2, 0.25) is 0 Å². The summed E-state index contributed by atoms with van der Waals surface area (Å²) >= 11 is 0. The Hall–Kier alpha value is -3.76. The quantitative estimate of drug-likeness (QED) is 0.181. The second-order valence-corrected chi connectivity index (χ2v) is 17.8. The Morgan fingerprint density at radius 3 is 2.20 bits per heavy atom. The van der Waals surface area contributed by atoms with Crippen LogP contribution in [0, 0.1) is 17.8 Å². The van der Waals surface area contributed by atoms with Crippen LogP contribution in [0.5, 0.6) is 0 Å². The van der Waals surface area contributed by atoms with Crippen molar-refractivity contribution in [3.63, 3.8) is 0 Å². The molecular formula is C45H57N3O6. The first kappa shape index (κ1) is 37.2. The lowest BCUT2D eigenvalue weighted by Crippen LogP contribution is -2.61. The monoisotopic (exact) mass is 735 g/mol. The fourth-order valence-corrected chi connectivity index (χ4v) is 10.5. The summed E-state index contributed by atoms with van der Waals surface area (Å²) in [6.45, 7) is 7.58. The Balaban J connectivity index is 0.955. The minimum atomic E-state index is -0.604. The summed E-state index contributed by atoms with van der Waals surface area (Å²) in [5, 5.41) is 16.3. The van der Waals surface area contributed by atoms with Gasteiger partial charge in [0.15, 0.2) is 6.29 Å². The van der Waals surface area contributed by atoms with Gasteiger partial charge in [-0.3, -0.25) is 9.69 Å². The number of hydrogen-bond donors (Lipinski definition) is 3. The zero-order valence-corrected chi connectivity index (χ0v) is 32.1.